The van der Waals surface area contributed by atoms with E-state index in [0.29, 0.717) is 19.4 Å². The van der Waals surface area contributed by atoms with Crippen molar-refractivity contribution in [3.63, 3.8) is 0 Å². The highest BCUT2D eigenvalue weighted by molar-refractivity contribution is 5.85. The van der Waals surface area contributed by atoms with Gasteiger partial charge >= 0.3 is 0 Å². The van der Waals surface area contributed by atoms with Crippen molar-refractivity contribution in [2.45, 2.75) is 37.3 Å². The molecular weight excluding hydrogens is 271 g/mol. The van der Waals surface area contributed by atoms with Crippen molar-refractivity contribution in [3.8, 4) is 0 Å². The third kappa shape index (κ3) is 3.80. The van der Waals surface area contributed by atoms with Crippen LogP contribution in [0.1, 0.15) is 37.3 Å². The molecule has 1 fully saturated rings. The Bertz CT molecular complexity index is 499. The summed E-state index contributed by atoms with van der Waals surface area (Å²) in [5.41, 5.74) is -0.419. The summed E-state index contributed by atoms with van der Waals surface area (Å²) in [6.07, 6.45) is 2.80. The first-order valence-electron chi connectivity index (χ1n) is 7.35. The predicted molar refractivity (Wildman–Crippen MR) is 79.3 cm³/mol. The largest absolute Gasteiger partial charge is 0.380 e. The summed E-state index contributed by atoms with van der Waals surface area (Å²) in [5.74, 6) is -0.608. The van der Waals surface area contributed by atoms with Gasteiger partial charge in [0.05, 0.1) is 6.04 Å². The number of benzene rings is 1. The van der Waals surface area contributed by atoms with Gasteiger partial charge in [-0.25, -0.2) is 4.39 Å². The Morgan fingerprint density at radius 3 is 2.67 bits per heavy atom. The van der Waals surface area contributed by atoms with E-state index < -0.39 is 5.60 Å². The average Bonchev–Trinajstić information content (AvgIpc) is 2.87. The van der Waals surface area contributed by atoms with E-state index in [1.807, 2.05) is 25.1 Å². The molecule has 2 rings (SSSR count). The summed E-state index contributed by atoms with van der Waals surface area (Å²) in [4.78, 5) is 14.1. The molecule has 1 aliphatic carbocycles. The molecule has 1 atom stereocenters. The van der Waals surface area contributed by atoms with Gasteiger partial charge in [-0.3, -0.25) is 4.79 Å². The van der Waals surface area contributed by atoms with Crippen LogP contribution in [-0.4, -0.2) is 42.2 Å². The van der Waals surface area contributed by atoms with E-state index in [1.54, 1.807) is 6.07 Å². The molecule has 5 heteroatoms. The number of aliphatic hydroxyl groups is 1. The van der Waals surface area contributed by atoms with E-state index in [9.17, 15) is 14.3 Å². The Hall–Kier alpha value is -1.46. The minimum absolute atomic E-state index is 0.130. The first-order valence-corrected chi connectivity index (χ1v) is 7.35. The molecule has 1 saturated carbocycles. The summed E-state index contributed by atoms with van der Waals surface area (Å²) in [7, 11) is 3.76. The van der Waals surface area contributed by atoms with Crippen LogP contribution in [0.5, 0.6) is 0 Å². The maximum atomic E-state index is 13.4. The Morgan fingerprint density at radius 1 is 1.43 bits per heavy atom. The summed E-state index contributed by atoms with van der Waals surface area (Å²) in [6, 6.07) is 6.24. The van der Waals surface area contributed by atoms with E-state index in [1.165, 1.54) is 12.1 Å². The van der Waals surface area contributed by atoms with Crippen molar-refractivity contribution in [2.24, 2.45) is 0 Å². The molecule has 0 aliphatic heterocycles. The number of likely N-dealkylation sites (N-methyl/N-ethyl adjacent to an activating group) is 1. The van der Waals surface area contributed by atoms with E-state index in [0.717, 1.165) is 18.4 Å². The molecule has 21 heavy (non-hydrogen) atoms. The standard InChI is InChI=1S/C16H23FN2O2/c1-19(2)14(12-6-5-7-13(17)10-12)11-18-15(20)16(21)8-3-4-9-16/h5-7,10,14,21H,3-4,8-9,11H2,1-2H3,(H,18,20). The lowest BCUT2D eigenvalue weighted by molar-refractivity contribution is -0.139. The maximum absolute atomic E-state index is 13.4. The lowest BCUT2D eigenvalue weighted by Gasteiger charge is -2.27. The molecule has 0 bridgehead atoms. The van der Waals surface area contributed by atoms with Crippen LogP contribution < -0.4 is 5.32 Å². The number of hydrogen-bond donors (Lipinski definition) is 2. The molecule has 1 unspecified atom stereocenters. The lowest BCUT2D eigenvalue weighted by atomic mass is 10.0. The quantitative estimate of drug-likeness (QED) is 0.871. The summed E-state index contributed by atoms with van der Waals surface area (Å²) < 4.78 is 13.4. The molecule has 1 aromatic rings. The van der Waals surface area contributed by atoms with Crippen LogP contribution in [0.2, 0.25) is 0 Å². The molecule has 116 valence electrons. The van der Waals surface area contributed by atoms with Crippen molar-refractivity contribution in [2.75, 3.05) is 20.6 Å². The topological polar surface area (TPSA) is 52.6 Å². The van der Waals surface area contributed by atoms with Crippen LogP contribution in [0.25, 0.3) is 0 Å². The maximum Gasteiger partial charge on any atom is 0.252 e. The van der Waals surface area contributed by atoms with Crippen molar-refractivity contribution in [1.29, 1.82) is 0 Å². The van der Waals surface area contributed by atoms with Crippen LogP contribution in [0.15, 0.2) is 24.3 Å². The van der Waals surface area contributed by atoms with Gasteiger partial charge in [0.25, 0.3) is 5.91 Å². The number of halogens is 1. The van der Waals surface area contributed by atoms with E-state index in [4.69, 9.17) is 0 Å². The van der Waals surface area contributed by atoms with Crippen LogP contribution in [-0.2, 0) is 4.79 Å². The van der Waals surface area contributed by atoms with Crippen molar-refractivity contribution in [3.05, 3.63) is 35.6 Å². The Kier molecular flexibility index (Phi) is 4.96. The fourth-order valence-electron chi connectivity index (χ4n) is 2.85. The fraction of sp³-hybridized carbons (Fsp3) is 0.562. The van der Waals surface area contributed by atoms with Gasteiger partial charge in [-0.1, -0.05) is 12.1 Å². The van der Waals surface area contributed by atoms with E-state index in [2.05, 4.69) is 5.32 Å². The molecule has 0 spiro atoms. The lowest BCUT2D eigenvalue weighted by Crippen LogP contribution is -2.47. The number of nitrogens with zero attached hydrogens (tertiary/aromatic N) is 1. The SMILES string of the molecule is CN(C)C(CNC(=O)C1(O)CCCC1)c1cccc(F)c1. The van der Waals surface area contributed by atoms with Crippen LogP contribution in [0, 0.1) is 5.82 Å². The minimum Gasteiger partial charge on any atom is -0.380 e. The van der Waals surface area contributed by atoms with E-state index >= 15 is 0 Å². The van der Waals surface area contributed by atoms with Gasteiger partial charge in [0.2, 0.25) is 0 Å². The average molecular weight is 294 g/mol. The van der Waals surface area contributed by atoms with Gasteiger partial charge in [-0.2, -0.15) is 0 Å². The normalized spacial score (nSPS) is 18.7. The predicted octanol–water partition coefficient (Wildman–Crippen LogP) is 1.85. The van der Waals surface area contributed by atoms with Crippen molar-refractivity contribution >= 4 is 5.91 Å². The summed E-state index contributed by atoms with van der Waals surface area (Å²) >= 11 is 0. The first kappa shape index (κ1) is 15.9. The van der Waals surface area contributed by atoms with Crippen molar-refractivity contribution < 1.29 is 14.3 Å². The highest BCUT2D eigenvalue weighted by atomic mass is 19.1. The zero-order valence-corrected chi connectivity index (χ0v) is 12.6. The van der Waals surface area contributed by atoms with Crippen LogP contribution >= 0.6 is 0 Å². The third-order valence-corrected chi connectivity index (χ3v) is 4.17. The molecule has 4 nitrogen and oxygen atoms in total. The summed E-state index contributed by atoms with van der Waals surface area (Å²) in [5, 5.41) is 13.1. The molecular formula is C16H23FN2O2. The van der Waals surface area contributed by atoms with Gasteiger partial charge in [0, 0.05) is 6.54 Å². The van der Waals surface area contributed by atoms with Gasteiger partial charge in [-0.15, -0.1) is 0 Å². The molecule has 0 radical (unpaired) electrons. The number of nitrogens with one attached hydrogen (secondary N) is 1. The molecule has 0 aromatic heterocycles. The number of carbonyl (C=O) groups is 1. The number of hydrogen-bond acceptors (Lipinski definition) is 3. The van der Waals surface area contributed by atoms with Crippen LogP contribution in [0.4, 0.5) is 4.39 Å². The Labute approximate surface area is 125 Å². The van der Waals surface area contributed by atoms with Gasteiger partial charge in [0.1, 0.15) is 11.4 Å². The molecule has 0 saturated heterocycles. The molecule has 1 aromatic carbocycles. The van der Waals surface area contributed by atoms with Gasteiger partial charge < -0.3 is 15.3 Å². The van der Waals surface area contributed by atoms with Gasteiger partial charge in [-0.05, 0) is 57.5 Å². The second-order valence-corrected chi connectivity index (χ2v) is 5.98. The molecule has 1 amide bonds. The third-order valence-electron chi connectivity index (χ3n) is 4.17. The smallest absolute Gasteiger partial charge is 0.252 e. The Morgan fingerprint density at radius 2 is 2.10 bits per heavy atom. The van der Waals surface area contributed by atoms with Crippen molar-refractivity contribution in [1.82, 2.24) is 10.2 Å². The molecule has 2 N–H and O–H groups in total. The van der Waals surface area contributed by atoms with Crippen LogP contribution in [0.3, 0.4) is 0 Å². The number of rotatable bonds is 5. The monoisotopic (exact) mass is 294 g/mol. The fourth-order valence-corrected chi connectivity index (χ4v) is 2.85. The number of amides is 1. The molecule has 0 heterocycles. The Balaban J connectivity index is 2.02. The highest BCUT2D eigenvalue weighted by Gasteiger charge is 2.38. The first-order chi connectivity index (χ1) is 9.92. The van der Waals surface area contributed by atoms with Gasteiger partial charge in [0.15, 0.2) is 0 Å². The zero-order valence-electron chi connectivity index (χ0n) is 12.6. The highest BCUT2D eigenvalue weighted by Crippen LogP contribution is 2.29. The zero-order chi connectivity index (χ0) is 15.5. The minimum atomic E-state index is -1.22. The second-order valence-electron chi connectivity index (χ2n) is 5.98. The molecule has 1 aliphatic rings. The second kappa shape index (κ2) is 6.54. The van der Waals surface area contributed by atoms with E-state index in [-0.39, 0.29) is 17.8 Å². The number of carbonyl (C=O) groups excluding carboxylic acids is 1. The summed E-state index contributed by atoms with van der Waals surface area (Å²) in [6.45, 7) is 0.345.